The number of aliphatic hydroxyl groups is 1. The largest absolute Gasteiger partial charge is 0.473 e. The quantitative estimate of drug-likeness (QED) is 0.742. The van der Waals surface area contributed by atoms with Gasteiger partial charge in [0.25, 0.3) is 5.88 Å². The van der Waals surface area contributed by atoms with Crippen LogP contribution in [0, 0.1) is 0 Å². The highest BCUT2D eigenvalue weighted by Crippen LogP contribution is 2.26. The van der Waals surface area contributed by atoms with Crippen molar-refractivity contribution in [3.63, 3.8) is 0 Å². The molecule has 6 nitrogen and oxygen atoms in total. The lowest BCUT2D eigenvalue weighted by molar-refractivity contribution is 0.0696. The van der Waals surface area contributed by atoms with E-state index in [0.717, 1.165) is 36.9 Å². The average molecular weight is 285 g/mol. The molecule has 1 aliphatic heterocycles. The Hall–Kier alpha value is -1.02. The maximum atomic E-state index is 8.59. The summed E-state index contributed by atoms with van der Waals surface area (Å²) in [6, 6.07) is 0. The number of hydrogen-bond acceptors (Lipinski definition) is 7. The van der Waals surface area contributed by atoms with Crippen LogP contribution in [-0.2, 0) is 4.74 Å². The molecule has 0 spiro atoms. The van der Waals surface area contributed by atoms with Crippen molar-refractivity contribution in [3.05, 3.63) is 11.8 Å². The van der Waals surface area contributed by atoms with Gasteiger partial charge >= 0.3 is 0 Å². The van der Waals surface area contributed by atoms with Crippen LogP contribution in [-0.4, -0.2) is 65.3 Å². The third kappa shape index (κ3) is 4.24. The molecular weight excluding hydrogens is 266 g/mol. The zero-order valence-electron chi connectivity index (χ0n) is 11.0. The van der Waals surface area contributed by atoms with Crippen LogP contribution >= 0.6 is 11.7 Å². The Kier molecular flexibility index (Phi) is 5.71. The van der Waals surface area contributed by atoms with E-state index in [-0.39, 0.29) is 6.61 Å². The Morgan fingerprint density at radius 1 is 1.37 bits per heavy atom. The number of ether oxygens (including phenoxy) is 2. The van der Waals surface area contributed by atoms with E-state index < -0.39 is 0 Å². The fourth-order valence-corrected chi connectivity index (χ4v) is 2.43. The Morgan fingerprint density at radius 2 is 2.26 bits per heavy atom. The van der Waals surface area contributed by atoms with E-state index >= 15 is 0 Å². The minimum Gasteiger partial charge on any atom is -0.473 e. The molecule has 1 N–H and O–H groups in total. The molecular formula is C12H19N3O3S. The summed E-state index contributed by atoms with van der Waals surface area (Å²) in [7, 11) is 2.09. The summed E-state index contributed by atoms with van der Waals surface area (Å²) in [5.74, 6) is 0.583. The van der Waals surface area contributed by atoms with E-state index in [1.807, 2.05) is 0 Å². The van der Waals surface area contributed by atoms with E-state index in [2.05, 4.69) is 26.8 Å². The van der Waals surface area contributed by atoms with E-state index in [4.69, 9.17) is 14.6 Å². The van der Waals surface area contributed by atoms with Crippen LogP contribution in [0.25, 0.3) is 5.57 Å². The van der Waals surface area contributed by atoms with Crippen molar-refractivity contribution in [2.75, 3.05) is 46.6 Å². The van der Waals surface area contributed by atoms with Crippen molar-refractivity contribution in [1.29, 1.82) is 0 Å². The van der Waals surface area contributed by atoms with E-state index in [9.17, 15) is 0 Å². The molecule has 0 unspecified atom stereocenters. The van der Waals surface area contributed by atoms with Crippen LogP contribution in [0.2, 0.25) is 0 Å². The molecule has 2 rings (SSSR count). The first kappa shape index (κ1) is 14.4. The number of nitrogens with zero attached hydrogens (tertiary/aromatic N) is 3. The Morgan fingerprint density at radius 3 is 3.05 bits per heavy atom. The third-order valence-corrected chi connectivity index (χ3v) is 3.32. The first-order chi connectivity index (χ1) is 9.31. The second kappa shape index (κ2) is 7.54. The van der Waals surface area contributed by atoms with Gasteiger partial charge in [0, 0.05) is 13.1 Å². The molecule has 1 aromatic heterocycles. The molecule has 0 aromatic carbocycles. The summed E-state index contributed by atoms with van der Waals surface area (Å²) in [5, 5.41) is 8.59. The van der Waals surface area contributed by atoms with Gasteiger partial charge in [-0.25, -0.2) is 0 Å². The second-order valence-electron chi connectivity index (χ2n) is 4.36. The Labute approximate surface area is 117 Å². The van der Waals surface area contributed by atoms with Gasteiger partial charge in [-0.1, -0.05) is 6.08 Å². The zero-order chi connectivity index (χ0) is 13.5. The van der Waals surface area contributed by atoms with E-state index in [1.165, 1.54) is 5.57 Å². The highest BCUT2D eigenvalue weighted by atomic mass is 32.1. The fourth-order valence-electron chi connectivity index (χ4n) is 1.90. The van der Waals surface area contributed by atoms with Crippen LogP contribution in [0.15, 0.2) is 6.08 Å². The van der Waals surface area contributed by atoms with Gasteiger partial charge in [-0.05, 0) is 19.0 Å². The highest BCUT2D eigenvalue weighted by molar-refractivity contribution is 6.99. The van der Waals surface area contributed by atoms with Crippen molar-refractivity contribution in [2.45, 2.75) is 6.42 Å². The van der Waals surface area contributed by atoms with Crippen LogP contribution in [0.3, 0.4) is 0 Å². The highest BCUT2D eigenvalue weighted by Gasteiger charge is 2.18. The van der Waals surface area contributed by atoms with Crippen LogP contribution in [0.5, 0.6) is 5.88 Å². The monoisotopic (exact) mass is 285 g/mol. The van der Waals surface area contributed by atoms with E-state index in [1.54, 1.807) is 0 Å². The normalized spacial score (nSPS) is 16.4. The Balaban J connectivity index is 1.88. The molecule has 0 bridgehead atoms. The molecule has 0 saturated heterocycles. The number of likely N-dealkylation sites (N-methyl/N-ethyl adjacent to an activating group) is 1. The second-order valence-corrected chi connectivity index (χ2v) is 4.89. The SMILES string of the molecule is CN1CCC=C(c2nsnc2OCCOCCO)C1. The van der Waals surface area contributed by atoms with Gasteiger partial charge in [0.15, 0.2) is 0 Å². The molecule has 19 heavy (non-hydrogen) atoms. The molecule has 0 saturated carbocycles. The summed E-state index contributed by atoms with van der Waals surface area (Å²) in [6.45, 7) is 3.18. The van der Waals surface area contributed by atoms with Crippen molar-refractivity contribution in [1.82, 2.24) is 13.6 Å². The zero-order valence-corrected chi connectivity index (χ0v) is 11.9. The van der Waals surface area contributed by atoms with Crippen molar-refractivity contribution in [2.24, 2.45) is 0 Å². The summed E-state index contributed by atoms with van der Waals surface area (Å²) < 4.78 is 19.2. The number of aliphatic hydroxyl groups excluding tert-OH is 1. The summed E-state index contributed by atoms with van der Waals surface area (Å²) in [4.78, 5) is 2.25. The van der Waals surface area contributed by atoms with Crippen LogP contribution in [0.1, 0.15) is 12.1 Å². The maximum Gasteiger partial charge on any atom is 0.253 e. The predicted molar refractivity (Wildman–Crippen MR) is 73.4 cm³/mol. The lowest BCUT2D eigenvalue weighted by atomic mass is 10.1. The number of hydrogen-bond donors (Lipinski definition) is 1. The topological polar surface area (TPSA) is 67.7 Å². The molecule has 2 heterocycles. The van der Waals surface area contributed by atoms with Gasteiger partial charge in [-0.15, -0.1) is 4.37 Å². The van der Waals surface area contributed by atoms with Gasteiger partial charge in [-0.3, -0.25) is 0 Å². The van der Waals surface area contributed by atoms with Gasteiger partial charge < -0.3 is 19.5 Å². The standard InChI is InChI=1S/C12H19N3O3S/c1-15-4-2-3-10(9-15)11-12(14-19-13-11)18-8-7-17-6-5-16/h3,16H,2,4-9H2,1H3. The van der Waals surface area contributed by atoms with Crippen molar-refractivity contribution in [3.8, 4) is 5.88 Å². The third-order valence-electron chi connectivity index (χ3n) is 2.81. The lowest BCUT2D eigenvalue weighted by Gasteiger charge is -2.22. The molecule has 106 valence electrons. The molecule has 0 fully saturated rings. The molecule has 0 amide bonds. The molecule has 0 radical (unpaired) electrons. The molecule has 0 aliphatic carbocycles. The summed E-state index contributed by atoms with van der Waals surface area (Å²) in [5.41, 5.74) is 2.02. The first-order valence-electron chi connectivity index (χ1n) is 6.33. The van der Waals surface area contributed by atoms with Crippen LogP contribution < -0.4 is 4.74 Å². The fraction of sp³-hybridized carbons (Fsp3) is 0.667. The molecule has 1 aliphatic rings. The predicted octanol–water partition coefficient (Wildman–Crippen LogP) is 0.645. The smallest absolute Gasteiger partial charge is 0.253 e. The summed E-state index contributed by atoms with van der Waals surface area (Å²) in [6.07, 6.45) is 3.23. The van der Waals surface area contributed by atoms with Gasteiger partial charge in [0.05, 0.1) is 31.5 Å². The molecule has 0 atom stereocenters. The van der Waals surface area contributed by atoms with Crippen LogP contribution in [0.4, 0.5) is 0 Å². The lowest BCUT2D eigenvalue weighted by Crippen LogP contribution is -2.25. The summed E-state index contributed by atoms with van der Waals surface area (Å²) >= 11 is 1.16. The van der Waals surface area contributed by atoms with Crippen molar-refractivity contribution < 1.29 is 14.6 Å². The average Bonchev–Trinajstić information content (AvgIpc) is 2.87. The Bertz CT molecular complexity index is 422. The van der Waals surface area contributed by atoms with Gasteiger partial charge in [-0.2, -0.15) is 4.37 Å². The van der Waals surface area contributed by atoms with Crippen molar-refractivity contribution >= 4 is 17.3 Å². The van der Waals surface area contributed by atoms with E-state index in [0.29, 0.717) is 25.7 Å². The maximum absolute atomic E-state index is 8.59. The number of aromatic nitrogens is 2. The van der Waals surface area contributed by atoms with Gasteiger partial charge in [0.1, 0.15) is 12.3 Å². The minimum absolute atomic E-state index is 0.0305. The minimum atomic E-state index is 0.0305. The molecule has 7 heteroatoms. The van der Waals surface area contributed by atoms with Gasteiger partial charge in [0.2, 0.25) is 0 Å². The number of rotatable bonds is 7. The first-order valence-corrected chi connectivity index (χ1v) is 7.06. The molecule has 1 aromatic rings.